The van der Waals surface area contributed by atoms with E-state index in [4.69, 9.17) is 4.74 Å². The molecule has 1 N–H and O–H groups in total. The second kappa shape index (κ2) is 5.01. The minimum atomic E-state index is 0.153. The summed E-state index contributed by atoms with van der Waals surface area (Å²) >= 11 is 0. The van der Waals surface area contributed by atoms with Crippen LogP contribution in [-0.4, -0.2) is 18.6 Å². The highest BCUT2D eigenvalue weighted by Gasteiger charge is 2.18. The molecule has 1 saturated carbocycles. The summed E-state index contributed by atoms with van der Waals surface area (Å²) in [4.78, 5) is 11.9. The fraction of sp³-hybridized carbons (Fsp3) is 0.533. The summed E-state index contributed by atoms with van der Waals surface area (Å²) in [5.74, 6) is 1.13. The first kappa shape index (κ1) is 11.6. The number of rotatable bonds is 3. The normalized spacial score (nSPS) is 18.4. The van der Waals surface area contributed by atoms with Crippen molar-refractivity contribution in [2.45, 2.75) is 44.6 Å². The molecule has 18 heavy (non-hydrogen) atoms. The Morgan fingerprint density at radius 3 is 3.00 bits per heavy atom. The van der Waals surface area contributed by atoms with E-state index in [0.717, 1.165) is 37.2 Å². The Bertz CT molecular complexity index is 450. The van der Waals surface area contributed by atoms with E-state index >= 15 is 0 Å². The van der Waals surface area contributed by atoms with Gasteiger partial charge in [0.15, 0.2) is 0 Å². The second-order valence-electron chi connectivity index (χ2n) is 5.27. The molecule has 3 heteroatoms. The first-order chi connectivity index (χ1) is 8.81. The molecule has 0 saturated heterocycles. The molecule has 1 amide bonds. The van der Waals surface area contributed by atoms with Gasteiger partial charge in [0, 0.05) is 12.5 Å². The van der Waals surface area contributed by atoms with Gasteiger partial charge in [0.25, 0.3) is 0 Å². The zero-order chi connectivity index (χ0) is 12.4. The summed E-state index contributed by atoms with van der Waals surface area (Å²) in [6.07, 6.45) is 6.24. The number of nitrogens with one attached hydrogen (secondary N) is 1. The van der Waals surface area contributed by atoms with Crippen molar-refractivity contribution in [2.75, 3.05) is 6.61 Å². The number of ether oxygens (including phenoxy) is 1. The maximum absolute atomic E-state index is 11.9. The van der Waals surface area contributed by atoms with Crippen LogP contribution in [-0.2, 0) is 17.6 Å². The van der Waals surface area contributed by atoms with Crippen LogP contribution in [0.2, 0.25) is 0 Å². The van der Waals surface area contributed by atoms with Crippen molar-refractivity contribution in [3.05, 3.63) is 29.3 Å². The van der Waals surface area contributed by atoms with E-state index < -0.39 is 0 Å². The van der Waals surface area contributed by atoms with Gasteiger partial charge in [0.1, 0.15) is 5.75 Å². The third-order valence-electron chi connectivity index (χ3n) is 3.84. The van der Waals surface area contributed by atoms with Crippen LogP contribution in [0, 0.1) is 0 Å². The molecule has 1 heterocycles. The zero-order valence-electron chi connectivity index (χ0n) is 10.6. The van der Waals surface area contributed by atoms with Crippen molar-refractivity contribution in [1.29, 1.82) is 0 Å². The van der Waals surface area contributed by atoms with Gasteiger partial charge in [-0.15, -0.1) is 0 Å². The predicted octanol–water partition coefficient (Wildman–Crippen LogP) is 2.22. The Morgan fingerprint density at radius 2 is 2.17 bits per heavy atom. The molecular weight excluding hydrogens is 226 g/mol. The lowest BCUT2D eigenvalue weighted by Gasteiger charge is -2.12. The quantitative estimate of drug-likeness (QED) is 0.886. The van der Waals surface area contributed by atoms with Gasteiger partial charge in [0.2, 0.25) is 5.91 Å². The number of fused-ring (bicyclic) bond motifs is 1. The molecule has 0 aromatic heterocycles. The molecule has 0 atom stereocenters. The number of hydrogen-bond acceptors (Lipinski definition) is 2. The van der Waals surface area contributed by atoms with E-state index in [1.807, 2.05) is 12.1 Å². The predicted molar refractivity (Wildman–Crippen MR) is 69.7 cm³/mol. The second-order valence-corrected chi connectivity index (χ2v) is 5.27. The lowest BCUT2D eigenvalue weighted by atomic mass is 10.1. The van der Waals surface area contributed by atoms with Crippen LogP contribution < -0.4 is 10.1 Å². The molecule has 3 nitrogen and oxygen atoms in total. The minimum absolute atomic E-state index is 0.153. The summed E-state index contributed by atoms with van der Waals surface area (Å²) in [5.41, 5.74) is 2.33. The van der Waals surface area contributed by atoms with E-state index in [1.54, 1.807) is 0 Å². The molecule has 0 bridgehead atoms. The Labute approximate surface area is 108 Å². The average Bonchev–Trinajstić information content (AvgIpc) is 2.98. The summed E-state index contributed by atoms with van der Waals surface area (Å²) in [6.45, 7) is 0.771. The lowest BCUT2D eigenvalue weighted by molar-refractivity contribution is -0.121. The van der Waals surface area contributed by atoms with Crippen LogP contribution in [0.15, 0.2) is 18.2 Å². The Balaban J connectivity index is 1.60. The maximum Gasteiger partial charge on any atom is 0.224 e. The average molecular weight is 245 g/mol. The zero-order valence-corrected chi connectivity index (χ0v) is 10.6. The molecule has 1 aliphatic carbocycles. The minimum Gasteiger partial charge on any atom is -0.493 e. The first-order valence-corrected chi connectivity index (χ1v) is 6.85. The van der Waals surface area contributed by atoms with Gasteiger partial charge >= 0.3 is 0 Å². The molecule has 1 aliphatic heterocycles. The molecule has 1 fully saturated rings. The summed E-state index contributed by atoms with van der Waals surface area (Å²) in [5, 5.41) is 3.12. The molecule has 1 aromatic carbocycles. The van der Waals surface area contributed by atoms with Crippen molar-refractivity contribution in [3.63, 3.8) is 0 Å². The van der Waals surface area contributed by atoms with Gasteiger partial charge in [-0.1, -0.05) is 25.0 Å². The van der Waals surface area contributed by atoms with Gasteiger partial charge in [-0.3, -0.25) is 4.79 Å². The molecule has 3 rings (SSSR count). The van der Waals surface area contributed by atoms with Gasteiger partial charge in [-0.25, -0.2) is 0 Å². The first-order valence-electron chi connectivity index (χ1n) is 6.85. The van der Waals surface area contributed by atoms with Gasteiger partial charge in [-0.2, -0.15) is 0 Å². The van der Waals surface area contributed by atoms with E-state index in [2.05, 4.69) is 11.4 Å². The van der Waals surface area contributed by atoms with Crippen LogP contribution in [0.5, 0.6) is 5.75 Å². The lowest BCUT2D eigenvalue weighted by Crippen LogP contribution is -2.33. The monoisotopic (exact) mass is 245 g/mol. The van der Waals surface area contributed by atoms with Gasteiger partial charge in [0.05, 0.1) is 13.0 Å². The fourth-order valence-corrected chi connectivity index (χ4v) is 2.88. The highest BCUT2D eigenvalue weighted by atomic mass is 16.5. The molecule has 96 valence electrons. The van der Waals surface area contributed by atoms with E-state index in [1.165, 1.54) is 18.4 Å². The third kappa shape index (κ3) is 2.50. The Morgan fingerprint density at radius 1 is 1.33 bits per heavy atom. The molecule has 0 radical (unpaired) electrons. The summed E-state index contributed by atoms with van der Waals surface area (Å²) in [7, 11) is 0. The Kier molecular flexibility index (Phi) is 3.22. The number of benzene rings is 1. The van der Waals surface area contributed by atoms with Crippen molar-refractivity contribution >= 4 is 5.91 Å². The summed E-state index contributed by atoms with van der Waals surface area (Å²) < 4.78 is 5.47. The molecule has 0 unspecified atom stereocenters. The van der Waals surface area contributed by atoms with Crippen molar-refractivity contribution in [1.82, 2.24) is 5.32 Å². The molecule has 1 aromatic rings. The number of carbonyl (C=O) groups excluding carboxylic acids is 1. The largest absolute Gasteiger partial charge is 0.493 e. The van der Waals surface area contributed by atoms with Crippen LogP contribution in [0.25, 0.3) is 0 Å². The topological polar surface area (TPSA) is 38.3 Å². The molecule has 0 spiro atoms. The van der Waals surface area contributed by atoms with E-state index in [9.17, 15) is 4.79 Å². The number of amides is 1. The van der Waals surface area contributed by atoms with Crippen LogP contribution >= 0.6 is 0 Å². The smallest absolute Gasteiger partial charge is 0.224 e. The SMILES string of the molecule is O=C(Cc1ccc2c(c1)CCO2)NC1CCCC1. The molecular formula is C15H19NO2. The van der Waals surface area contributed by atoms with Crippen LogP contribution in [0.3, 0.4) is 0 Å². The van der Waals surface area contributed by atoms with Crippen molar-refractivity contribution < 1.29 is 9.53 Å². The van der Waals surface area contributed by atoms with E-state index in [-0.39, 0.29) is 5.91 Å². The van der Waals surface area contributed by atoms with Gasteiger partial charge in [-0.05, 0) is 30.0 Å². The Hall–Kier alpha value is -1.51. The molecule has 2 aliphatic rings. The number of hydrogen-bond donors (Lipinski definition) is 1. The number of carbonyl (C=O) groups is 1. The van der Waals surface area contributed by atoms with Crippen LogP contribution in [0.4, 0.5) is 0 Å². The van der Waals surface area contributed by atoms with E-state index in [0.29, 0.717) is 12.5 Å². The van der Waals surface area contributed by atoms with Gasteiger partial charge < -0.3 is 10.1 Å². The van der Waals surface area contributed by atoms with Crippen molar-refractivity contribution in [3.8, 4) is 5.75 Å². The maximum atomic E-state index is 11.9. The standard InChI is InChI=1S/C15H19NO2/c17-15(16-13-3-1-2-4-13)10-11-5-6-14-12(9-11)7-8-18-14/h5-6,9,13H,1-4,7-8,10H2,(H,16,17). The van der Waals surface area contributed by atoms with Crippen molar-refractivity contribution in [2.24, 2.45) is 0 Å². The highest BCUT2D eigenvalue weighted by Crippen LogP contribution is 2.26. The third-order valence-corrected chi connectivity index (χ3v) is 3.84. The fourth-order valence-electron chi connectivity index (χ4n) is 2.88. The highest BCUT2D eigenvalue weighted by molar-refractivity contribution is 5.79. The van der Waals surface area contributed by atoms with Crippen LogP contribution in [0.1, 0.15) is 36.8 Å². The summed E-state index contributed by atoms with van der Waals surface area (Å²) in [6, 6.07) is 6.50.